The third-order valence-corrected chi connectivity index (χ3v) is 35.7. The van der Waals surface area contributed by atoms with E-state index in [4.69, 9.17) is 0 Å². The summed E-state index contributed by atoms with van der Waals surface area (Å²) >= 11 is 0. The first-order valence-electron chi connectivity index (χ1n) is 53.5. The summed E-state index contributed by atoms with van der Waals surface area (Å²) in [5.41, 5.74) is 36.0. The van der Waals surface area contributed by atoms with Crippen LogP contribution in [0.25, 0.3) is 88.1 Å². The highest BCUT2D eigenvalue weighted by atomic mass is 14.9. The van der Waals surface area contributed by atoms with Gasteiger partial charge in [-0.15, -0.1) is 0 Å². The largest absolute Gasteiger partial charge is 0.220 e. The van der Waals surface area contributed by atoms with Gasteiger partial charge in [-0.25, -0.2) is 18.3 Å². The number of hydrogen-bond acceptors (Lipinski definition) is 0. The van der Waals surface area contributed by atoms with Gasteiger partial charge in [0.25, 0.3) is 0 Å². The van der Waals surface area contributed by atoms with Crippen LogP contribution in [0.5, 0.6) is 0 Å². The van der Waals surface area contributed by atoms with E-state index in [2.05, 4.69) is 354 Å². The van der Waals surface area contributed by atoms with Crippen molar-refractivity contribution in [2.24, 2.45) is 49.9 Å². The van der Waals surface area contributed by atoms with Crippen molar-refractivity contribution in [3.63, 3.8) is 0 Å². The first-order chi connectivity index (χ1) is 63.3. The molecular weight excluding hydrogens is 1610 g/mol. The molecular formula is C129H170N4+4. The van der Waals surface area contributed by atoms with Crippen molar-refractivity contribution in [3.05, 3.63) is 260 Å². The van der Waals surface area contributed by atoms with Gasteiger partial charge < -0.3 is 0 Å². The maximum Gasteiger partial charge on any atom is 0.220 e. The molecule has 4 nitrogen and oxygen atoms in total. The molecule has 133 heavy (non-hydrogen) atoms. The number of fused-ring (bicyclic) bond motifs is 4. The van der Waals surface area contributed by atoms with Gasteiger partial charge in [0, 0.05) is 29.8 Å². The number of aromatic nitrogens is 4. The molecule has 0 atom stereocenters. The molecule has 8 fully saturated rings. The fraction of sp³-hybridized carbons (Fsp3) is 0.535. The van der Waals surface area contributed by atoms with Crippen LogP contribution in [-0.4, -0.2) is 0 Å². The van der Waals surface area contributed by atoms with E-state index in [1.165, 1.54) is 344 Å². The van der Waals surface area contributed by atoms with E-state index in [1.807, 2.05) is 0 Å². The predicted octanol–water partition coefficient (Wildman–Crippen LogP) is 34.8. The molecule has 8 aliphatic rings. The Morgan fingerprint density at radius 3 is 0.842 bits per heavy atom. The standard InChI is InChI=1S/C35H46N.C33H46N.C31H40N.C30H38N/c1-24-32(27-11-7-8-12-27)22-30(25-9-5-6-10-25)23-33(24)34-31-14-13-28(21-29(31)17-20-36(34)4)26-15-18-35(2,3)19-16-26;1-22-28(20-26(31(2,3)4)21-29(22)32(5,6)7)30-27-12-11-24(19-25(27)15-18-34(30)10)23-13-16-33(8,9)17-14-23;1-21-18-27(23-8-6-7-9-23)20-29(22(21)2)30-28-11-10-25(19-26(28)14-17-32(30)5)24-12-15-31(3,4)16-13-24;1-21-9-10-25(22-7-5-6-8-22)20-28(21)29-27-12-11-24(19-26(27)15-18-31(29)4)23-13-16-30(2,3)17-14-23/h13-14,17,20-23,25-27H,5-12,15-16,18-19H2,1-4H3;11-12,15,18-21,23H,13-14,16-17H2,1-10H3;10-11,14,17-20,23-24H,6-9,12-13,15-16H2,1-5H3;9-12,15,18-20,22-23H,5-8,13-14,16-17H2,1-4H3/q4*+1. The first-order valence-corrected chi connectivity index (χ1v) is 53.5. The Hall–Kier alpha value is -8.60. The van der Waals surface area contributed by atoms with Crippen LogP contribution in [0, 0.1) is 56.3 Å². The highest BCUT2D eigenvalue weighted by molar-refractivity contribution is 5.98. The van der Waals surface area contributed by atoms with Crippen molar-refractivity contribution >= 4 is 43.1 Å². The van der Waals surface area contributed by atoms with Crippen LogP contribution in [0.15, 0.2) is 176 Å². The minimum atomic E-state index is 0.102. The lowest BCUT2D eigenvalue weighted by Gasteiger charge is -2.34. The summed E-state index contributed by atoms with van der Waals surface area (Å²) in [6, 6.07) is 61.0. The maximum absolute atomic E-state index is 2.64. The van der Waals surface area contributed by atoms with Crippen LogP contribution in [0.2, 0.25) is 0 Å². The molecule has 12 aromatic rings. The van der Waals surface area contributed by atoms with Crippen molar-refractivity contribution in [1.82, 2.24) is 0 Å². The van der Waals surface area contributed by atoms with Crippen LogP contribution >= 0.6 is 0 Å². The van der Waals surface area contributed by atoms with E-state index >= 15 is 0 Å². The lowest BCUT2D eigenvalue weighted by molar-refractivity contribution is -0.659. The number of hydrogen-bond donors (Lipinski definition) is 0. The lowest BCUT2D eigenvalue weighted by Crippen LogP contribution is -2.31. The van der Waals surface area contributed by atoms with Crippen LogP contribution in [0.4, 0.5) is 0 Å². The second-order valence-electron chi connectivity index (χ2n) is 49.7. The molecule has 0 amide bonds. The molecule has 702 valence electrons. The number of pyridine rings is 4. The molecule has 0 unspecified atom stereocenters. The minimum absolute atomic E-state index is 0.102. The summed E-state index contributed by atoms with van der Waals surface area (Å²) in [6.45, 7) is 45.1. The van der Waals surface area contributed by atoms with Crippen LogP contribution in [0.3, 0.4) is 0 Å². The Labute approximate surface area is 805 Å². The summed E-state index contributed by atoms with van der Waals surface area (Å²) in [7, 11) is 8.87. The Kier molecular flexibility index (Phi) is 28.3. The predicted molar refractivity (Wildman–Crippen MR) is 568 cm³/mol. The molecule has 20 rings (SSSR count). The van der Waals surface area contributed by atoms with E-state index in [-0.39, 0.29) is 10.8 Å². The molecule has 0 bridgehead atoms. The summed E-state index contributed by atoms with van der Waals surface area (Å²) in [6.07, 6.45) is 52.5. The molecule has 0 N–H and O–H groups in total. The summed E-state index contributed by atoms with van der Waals surface area (Å²) < 4.78 is 9.38. The SMILES string of the molecule is Cc1c(-c2c3ccc(C4CCC(C)(C)CC4)cc3cc[n+]2C)cc(C(C)(C)C)cc1C(C)(C)C.Cc1c(-c2c3ccc(C4CCC(C)(C)CC4)cc3cc[n+]2C)cc(C2CCCC2)cc1C1CCCC1.Cc1cc(C2CCCC2)cc(-c2c3ccc(C4CCC(C)(C)CC4)cc3cc[n+]2C)c1C.Cc1ccc(C2CCCC2)cc1-c1c2ccc(C3CCC(C)(C)CC3)cc2cc[n+]1C. The highest BCUT2D eigenvalue weighted by Crippen LogP contribution is 2.52. The van der Waals surface area contributed by atoms with E-state index in [1.54, 1.807) is 33.4 Å². The smallest absolute Gasteiger partial charge is 0.200 e. The zero-order chi connectivity index (χ0) is 94.0. The number of nitrogens with zero attached hydrogens (tertiary/aromatic N) is 4. The van der Waals surface area contributed by atoms with Crippen LogP contribution in [-0.2, 0) is 39.0 Å². The zero-order valence-electron chi connectivity index (χ0n) is 87.3. The van der Waals surface area contributed by atoms with Gasteiger partial charge >= 0.3 is 0 Å². The van der Waals surface area contributed by atoms with Crippen LogP contribution < -0.4 is 18.3 Å². The van der Waals surface area contributed by atoms with Crippen LogP contribution in [0.1, 0.15) is 433 Å². The van der Waals surface area contributed by atoms with Gasteiger partial charge in [0.05, 0.1) is 38.2 Å². The summed E-state index contributed by atoms with van der Waals surface area (Å²) in [5.74, 6) is 5.88. The molecule has 0 aliphatic heterocycles. The topological polar surface area (TPSA) is 15.5 Å². The Balaban J connectivity index is 0.000000124. The average Bonchev–Trinajstić information content (AvgIpc) is 1.74. The highest BCUT2D eigenvalue weighted by Gasteiger charge is 2.37. The Bertz CT molecular complexity index is 6190. The molecule has 4 aromatic heterocycles. The second-order valence-corrected chi connectivity index (χ2v) is 49.7. The normalized spacial score (nSPS) is 19.6. The van der Waals surface area contributed by atoms with Gasteiger partial charge in [-0.3, -0.25) is 0 Å². The van der Waals surface area contributed by atoms with E-state index in [0.717, 1.165) is 41.4 Å². The van der Waals surface area contributed by atoms with Gasteiger partial charge in [-0.1, -0.05) is 227 Å². The quantitative estimate of drug-likeness (QED) is 0.108. The van der Waals surface area contributed by atoms with E-state index in [9.17, 15) is 0 Å². The number of aryl methyl sites for hydroxylation is 6. The van der Waals surface area contributed by atoms with Gasteiger partial charge in [0.2, 0.25) is 22.8 Å². The number of benzene rings is 8. The Morgan fingerprint density at radius 1 is 0.241 bits per heavy atom. The van der Waals surface area contributed by atoms with E-state index < -0.39 is 0 Å². The van der Waals surface area contributed by atoms with Gasteiger partial charge in [-0.2, -0.15) is 0 Å². The zero-order valence-corrected chi connectivity index (χ0v) is 87.3. The number of rotatable bonds is 12. The van der Waals surface area contributed by atoms with Crippen molar-refractivity contribution in [2.45, 2.75) is 395 Å². The Morgan fingerprint density at radius 2 is 0.511 bits per heavy atom. The lowest BCUT2D eigenvalue weighted by atomic mass is 9.71. The van der Waals surface area contributed by atoms with Crippen molar-refractivity contribution in [3.8, 4) is 45.0 Å². The third kappa shape index (κ3) is 21.3. The van der Waals surface area contributed by atoms with Crippen molar-refractivity contribution < 1.29 is 18.3 Å². The summed E-state index contributed by atoms with van der Waals surface area (Å²) in [4.78, 5) is 0. The van der Waals surface area contributed by atoms with Gasteiger partial charge in [0.15, 0.2) is 24.8 Å². The fourth-order valence-corrected chi connectivity index (χ4v) is 26.2. The molecule has 8 aliphatic carbocycles. The van der Waals surface area contributed by atoms with Gasteiger partial charge in [-0.05, 0) is 422 Å². The second kappa shape index (κ2) is 39.1. The van der Waals surface area contributed by atoms with E-state index in [0.29, 0.717) is 27.6 Å². The first kappa shape index (κ1) is 96.1. The van der Waals surface area contributed by atoms with Crippen molar-refractivity contribution in [2.75, 3.05) is 0 Å². The monoisotopic (exact) mass is 1780 g/mol. The third-order valence-electron chi connectivity index (χ3n) is 35.7. The molecule has 4 heteroatoms. The molecule has 8 saturated carbocycles. The summed E-state index contributed by atoms with van der Waals surface area (Å²) in [5, 5.41) is 11.1. The minimum Gasteiger partial charge on any atom is -0.200 e. The molecule has 8 aromatic carbocycles. The molecule has 0 saturated heterocycles. The molecule has 0 radical (unpaired) electrons. The van der Waals surface area contributed by atoms with Crippen molar-refractivity contribution in [1.29, 1.82) is 0 Å². The maximum atomic E-state index is 2.64. The van der Waals surface area contributed by atoms with Gasteiger partial charge in [0.1, 0.15) is 28.2 Å². The average molecular weight is 1780 g/mol. The molecule has 0 spiro atoms. The fourth-order valence-electron chi connectivity index (χ4n) is 26.2. The molecule has 4 heterocycles.